The van der Waals surface area contributed by atoms with E-state index in [4.69, 9.17) is 0 Å². The molecule has 2 N–H and O–H groups in total. The second kappa shape index (κ2) is 6.70. The highest BCUT2D eigenvalue weighted by molar-refractivity contribution is 5.82. The first-order chi connectivity index (χ1) is 10.5. The summed E-state index contributed by atoms with van der Waals surface area (Å²) < 4.78 is 5.44. The van der Waals surface area contributed by atoms with E-state index in [1.807, 2.05) is 0 Å². The Morgan fingerprint density at radius 1 is 1.27 bits per heavy atom. The molecule has 0 bridgehead atoms. The van der Waals surface area contributed by atoms with Crippen LogP contribution in [-0.2, 0) is 20.9 Å². The largest absolute Gasteiger partial charge is 0.465 e. The molecule has 0 saturated heterocycles. The molecule has 8 nitrogen and oxygen atoms in total. The number of benzene rings is 1. The smallest absolute Gasteiger partial charge is 0.329 e. The Balaban J connectivity index is 2.18. The van der Waals surface area contributed by atoms with Crippen LogP contribution in [0.25, 0.3) is 10.9 Å². The predicted octanol–water partition coefficient (Wildman–Crippen LogP) is -0.631. The summed E-state index contributed by atoms with van der Waals surface area (Å²) in [5, 5.41) is 2.60. The normalized spacial score (nSPS) is 10.4. The number of esters is 1. The SMILES string of the molecule is CCOC(=O)CNC(=O)Cn1c(=O)[nH]c2ccccc2c1=O. The monoisotopic (exact) mass is 305 g/mol. The van der Waals surface area contributed by atoms with Crippen molar-refractivity contribution < 1.29 is 14.3 Å². The molecule has 1 aromatic carbocycles. The first-order valence-electron chi connectivity index (χ1n) is 6.67. The highest BCUT2D eigenvalue weighted by Gasteiger charge is 2.12. The number of nitrogens with one attached hydrogen (secondary N) is 2. The molecule has 0 fully saturated rings. The number of ether oxygens (including phenoxy) is 1. The van der Waals surface area contributed by atoms with Crippen molar-refractivity contribution in [3.05, 3.63) is 45.1 Å². The topological polar surface area (TPSA) is 110 Å². The summed E-state index contributed by atoms with van der Waals surface area (Å²) in [6.45, 7) is 1.07. The maximum atomic E-state index is 12.2. The van der Waals surface area contributed by atoms with Crippen LogP contribution in [0.1, 0.15) is 6.92 Å². The molecule has 1 aromatic heterocycles. The fraction of sp³-hybridized carbons (Fsp3) is 0.286. The van der Waals surface area contributed by atoms with Crippen molar-refractivity contribution in [2.45, 2.75) is 13.5 Å². The number of hydrogen-bond acceptors (Lipinski definition) is 5. The zero-order chi connectivity index (χ0) is 16.1. The summed E-state index contributed by atoms with van der Waals surface area (Å²) in [7, 11) is 0. The van der Waals surface area contributed by atoms with Crippen LogP contribution in [0.3, 0.4) is 0 Å². The predicted molar refractivity (Wildman–Crippen MR) is 78.5 cm³/mol. The van der Waals surface area contributed by atoms with Crippen LogP contribution in [0.5, 0.6) is 0 Å². The third-order valence-corrected chi connectivity index (χ3v) is 2.93. The molecule has 0 radical (unpaired) electrons. The number of aromatic nitrogens is 2. The third-order valence-electron chi connectivity index (χ3n) is 2.93. The third kappa shape index (κ3) is 3.40. The molecular formula is C14H15N3O5. The van der Waals surface area contributed by atoms with Gasteiger partial charge in [0.15, 0.2) is 0 Å². The van der Waals surface area contributed by atoms with Gasteiger partial charge in [-0.1, -0.05) is 12.1 Å². The maximum Gasteiger partial charge on any atom is 0.329 e. The van der Waals surface area contributed by atoms with Crippen molar-refractivity contribution in [2.75, 3.05) is 13.2 Å². The number of H-pyrrole nitrogens is 1. The van der Waals surface area contributed by atoms with Crippen LogP contribution in [-0.4, -0.2) is 34.6 Å². The van der Waals surface area contributed by atoms with Gasteiger partial charge in [-0.05, 0) is 19.1 Å². The molecule has 1 amide bonds. The molecule has 0 spiro atoms. The highest BCUT2D eigenvalue weighted by Crippen LogP contribution is 2.02. The summed E-state index contributed by atoms with van der Waals surface area (Å²) in [4.78, 5) is 49.5. The average molecular weight is 305 g/mol. The standard InChI is InChI=1S/C14H15N3O5/c1-2-22-12(19)7-15-11(18)8-17-13(20)9-5-3-4-6-10(9)16-14(17)21/h3-6H,2,7-8H2,1H3,(H,15,18)(H,16,21). The Morgan fingerprint density at radius 3 is 2.73 bits per heavy atom. The molecule has 1 heterocycles. The summed E-state index contributed by atoms with van der Waals surface area (Å²) >= 11 is 0. The van der Waals surface area contributed by atoms with Gasteiger partial charge < -0.3 is 15.0 Å². The molecule has 0 atom stereocenters. The van der Waals surface area contributed by atoms with Crippen molar-refractivity contribution >= 4 is 22.8 Å². The quantitative estimate of drug-likeness (QED) is 0.715. The van der Waals surface area contributed by atoms with Crippen LogP contribution in [0.4, 0.5) is 0 Å². The lowest BCUT2D eigenvalue weighted by molar-refractivity contribution is -0.143. The Bertz CT molecular complexity index is 821. The minimum absolute atomic E-state index is 0.207. The lowest BCUT2D eigenvalue weighted by Gasteiger charge is -2.07. The van der Waals surface area contributed by atoms with E-state index in [0.717, 1.165) is 4.57 Å². The number of rotatable bonds is 5. The van der Waals surface area contributed by atoms with Crippen LogP contribution in [0, 0.1) is 0 Å². The molecule has 2 rings (SSSR count). The Kier molecular flexibility index (Phi) is 4.72. The van der Waals surface area contributed by atoms with Gasteiger partial charge in [0.2, 0.25) is 5.91 Å². The van der Waals surface area contributed by atoms with Crippen molar-refractivity contribution in [1.29, 1.82) is 0 Å². The zero-order valence-corrected chi connectivity index (χ0v) is 11.9. The maximum absolute atomic E-state index is 12.2. The Hall–Kier alpha value is -2.90. The molecular weight excluding hydrogens is 290 g/mol. The summed E-state index contributed by atoms with van der Waals surface area (Å²) in [6, 6.07) is 6.51. The van der Waals surface area contributed by atoms with E-state index in [-0.39, 0.29) is 13.2 Å². The van der Waals surface area contributed by atoms with E-state index in [1.165, 1.54) is 0 Å². The van der Waals surface area contributed by atoms with Gasteiger partial charge in [-0.25, -0.2) is 4.79 Å². The Labute approximate surface area is 124 Å². The van der Waals surface area contributed by atoms with Gasteiger partial charge in [0.1, 0.15) is 13.1 Å². The lowest BCUT2D eigenvalue weighted by atomic mass is 10.2. The number of hydrogen-bond donors (Lipinski definition) is 2. The van der Waals surface area contributed by atoms with Crippen molar-refractivity contribution in [3.63, 3.8) is 0 Å². The minimum Gasteiger partial charge on any atom is -0.465 e. The summed E-state index contributed by atoms with van der Waals surface area (Å²) in [6.07, 6.45) is 0. The van der Waals surface area contributed by atoms with Crippen molar-refractivity contribution in [3.8, 4) is 0 Å². The van der Waals surface area contributed by atoms with E-state index in [2.05, 4.69) is 15.0 Å². The fourth-order valence-corrected chi connectivity index (χ4v) is 1.92. The van der Waals surface area contributed by atoms with Crippen molar-refractivity contribution in [2.24, 2.45) is 0 Å². The van der Waals surface area contributed by atoms with E-state index in [0.29, 0.717) is 10.9 Å². The van der Waals surface area contributed by atoms with Crippen LogP contribution in [0.15, 0.2) is 33.9 Å². The number of para-hydroxylation sites is 1. The summed E-state index contributed by atoms with van der Waals surface area (Å²) in [5.41, 5.74) is -0.846. The van der Waals surface area contributed by atoms with Gasteiger partial charge in [0, 0.05) is 0 Å². The average Bonchev–Trinajstić information content (AvgIpc) is 2.50. The number of aromatic amines is 1. The molecule has 0 aliphatic heterocycles. The molecule has 0 unspecified atom stereocenters. The molecule has 2 aromatic rings. The minimum atomic E-state index is -0.685. The van der Waals surface area contributed by atoms with Crippen LogP contribution in [0.2, 0.25) is 0 Å². The van der Waals surface area contributed by atoms with E-state index in [9.17, 15) is 19.2 Å². The van der Waals surface area contributed by atoms with Gasteiger partial charge in [0.05, 0.1) is 17.5 Å². The molecule has 0 aliphatic carbocycles. The van der Waals surface area contributed by atoms with Gasteiger partial charge in [-0.3, -0.25) is 19.0 Å². The number of amides is 1. The van der Waals surface area contributed by atoms with Crippen LogP contribution >= 0.6 is 0 Å². The summed E-state index contributed by atoms with van der Waals surface area (Å²) in [5.74, 6) is -1.22. The second-order valence-electron chi connectivity index (χ2n) is 4.45. The molecule has 0 aliphatic rings. The first-order valence-corrected chi connectivity index (χ1v) is 6.67. The van der Waals surface area contributed by atoms with Gasteiger partial charge in [-0.15, -0.1) is 0 Å². The van der Waals surface area contributed by atoms with Gasteiger partial charge in [-0.2, -0.15) is 0 Å². The zero-order valence-electron chi connectivity index (χ0n) is 11.9. The molecule has 22 heavy (non-hydrogen) atoms. The molecule has 8 heteroatoms. The number of carbonyl (C=O) groups is 2. The molecule has 0 saturated carbocycles. The van der Waals surface area contributed by atoms with Gasteiger partial charge in [0.25, 0.3) is 5.56 Å². The van der Waals surface area contributed by atoms with Gasteiger partial charge >= 0.3 is 11.7 Å². The fourth-order valence-electron chi connectivity index (χ4n) is 1.92. The highest BCUT2D eigenvalue weighted by atomic mass is 16.5. The first kappa shape index (κ1) is 15.5. The van der Waals surface area contributed by atoms with Crippen LogP contribution < -0.4 is 16.6 Å². The molecule has 116 valence electrons. The van der Waals surface area contributed by atoms with E-state index < -0.39 is 29.7 Å². The lowest BCUT2D eigenvalue weighted by Crippen LogP contribution is -2.41. The number of carbonyl (C=O) groups excluding carboxylic acids is 2. The second-order valence-corrected chi connectivity index (χ2v) is 4.45. The van der Waals surface area contributed by atoms with E-state index >= 15 is 0 Å². The van der Waals surface area contributed by atoms with E-state index in [1.54, 1.807) is 31.2 Å². The van der Waals surface area contributed by atoms with Crippen molar-refractivity contribution in [1.82, 2.24) is 14.9 Å². The number of fused-ring (bicyclic) bond motifs is 1. The number of nitrogens with zero attached hydrogens (tertiary/aromatic N) is 1. The Morgan fingerprint density at radius 2 is 2.00 bits per heavy atom.